The second-order valence-corrected chi connectivity index (χ2v) is 6.00. The highest BCUT2D eigenvalue weighted by molar-refractivity contribution is 5.34. The van der Waals surface area contributed by atoms with Gasteiger partial charge in [0.15, 0.2) is 0 Å². The number of hydrogen-bond acceptors (Lipinski definition) is 3. The van der Waals surface area contributed by atoms with E-state index in [4.69, 9.17) is 9.47 Å². The number of methoxy groups -OCH3 is 2. The van der Waals surface area contributed by atoms with Gasteiger partial charge >= 0.3 is 0 Å². The summed E-state index contributed by atoms with van der Waals surface area (Å²) in [4.78, 5) is 0. The van der Waals surface area contributed by atoms with Crippen molar-refractivity contribution in [3.8, 4) is 5.75 Å². The first-order chi connectivity index (χ1) is 9.61. The van der Waals surface area contributed by atoms with Gasteiger partial charge in [0.1, 0.15) is 5.75 Å². The van der Waals surface area contributed by atoms with Crippen molar-refractivity contribution in [3.63, 3.8) is 0 Å². The second kappa shape index (κ2) is 6.59. The molecule has 1 N–H and O–H groups in total. The Bertz CT molecular complexity index is 432. The Balaban J connectivity index is 2.14. The molecular weight excluding hydrogens is 252 g/mol. The van der Waals surface area contributed by atoms with Crippen LogP contribution in [0.15, 0.2) is 24.3 Å². The molecule has 0 heterocycles. The third-order valence-electron chi connectivity index (χ3n) is 4.61. The Kier molecular flexibility index (Phi) is 5.06. The van der Waals surface area contributed by atoms with Crippen LogP contribution in [0.3, 0.4) is 0 Å². The minimum atomic E-state index is -0.494. The molecule has 0 bridgehead atoms. The Labute approximate surface area is 121 Å². The number of aliphatic hydroxyl groups is 1. The highest BCUT2D eigenvalue weighted by Crippen LogP contribution is 2.38. The molecule has 0 aromatic heterocycles. The van der Waals surface area contributed by atoms with Gasteiger partial charge in [0, 0.05) is 13.5 Å². The summed E-state index contributed by atoms with van der Waals surface area (Å²) in [6.45, 7) is 2.24. The summed E-state index contributed by atoms with van der Waals surface area (Å²) in [6.07, 6.45) is 4.30. The van der Waals surface area contributed by atoms with Crippen molar-refractivity contribution in [2.45, 2.75) is 50.7 Å². The van der Waals surface area contributed by atoms with Crippen LogP contribution in [-0.2, 0) is 11.2 Å². The van der Waals surface area contributed by atoms with Crippen LogP contribution in [0.2, 0.25) is 0 Å². The molecule has 1 aliphatic rings. The fourth-order valence-corrected chi connectivity index (χ4v) is 3.43. The van der Waals surface area contributed by atoms with Crippen molar-refractivity contribution in [3.05, 3.63) is 29.8 Å². The number of rotatable bonds is 5. The summed E-state index contributed by atoms with van der Waals surface area (Å²) in [5.41, 5.74) is 0.635. The molecule has 0 spiro atoms. The Morgan fingerprint density at radius 3 is 2.75 bits per heavy atom. The van der Waals surface area contributed by atoms with Gasteiger partial charge in [-0.25, -0.2) is 0 Å². The zero-order chi connectivity index (χ0) is 14.6. The average molecular weight is 278 g/mol. The molecule has 0 saturated heterocycles. The molecule has 20 heavy (non-hydrogen) atoms. The number of para-hydroxylation sites is 1. The van der Waals surface area contributed by atoms with Crippen LogP contribution in [-0.4, -0.2) is 31.0 Å². The molecular formula is C17H26O3. The van der Waals surface area contributed by atoms with Crippen molar-refractivity contribution < 1.29 is 14.6 Å². The molecule has 3 unspecified atom stereocenters. The summed E-state index contributed by atoms with van der Waals surface area (Å²) in [6, 6.07) is 7.87. The molecule has 1 aromatic rings. The van der Waals surface area contributed by atoms with E-state index in [-0.39, 0.29) is 0 Å². The van der Waals surface area contributed by atoms with E-state index in [1.54, 1.807) is 14.2 Å². The van der Waals surface area contributed by atoms with Crippen molar-refractivity contribution in [2.75, 3.05) is 14.2 Å². The number of ether oxygens (including phenoxy) is 2. The predicted octanol–water partition coefficient (Wildman–Crippen LogP) is 3.19. The van der Waals surface area contributed by atoms with E-state index in [9.17, 15) is 5.11 Å². The van der Waals surface area contributed by atoms with Crippen LogP contribution in [0.5, 0.6) is 5.75 Å². The van der Waals surface area contributed by atoms with Crippen molar-refractivity contribution in [2.24, 2.45) is 5.92 Å². The lowest BCUT2D eigenvalue weighted by Gasteiger charge is -2.42. The fraction of sp³-hybridized carbons (Fsp3) is 0.647. The molecule has 1 saturated carbocycles. The minimum Gasteiger partial charge on any atom is -0.496 e. The Hall–Kier alpha value is -1.06. The zero-order valence-electron chi connectivity index (χ0n) is 12.8. The van der Waals surface area contributed by atoms with E-state index < -0.39 is 11.7 Å². The highest BCUT2D eigenvalue weighted by Gasteiger charge is 2.41. The lowest BCUT2D eigenvalue weighted by molar-refractivity contribution is -0.131. The van der Waals surface area contributed by atoms with Gasteiger partial charge < -0.3 is 14.6 Å². The maximum atomic E-state index is 10.7. The van der Waals surface area contributed by atoms with Gasteiger partial charge in [-0.3, -0.25) is 0 Å². The summed E-state index contributed by atoms with van der Waals surface area (Å²) < 4.78 is 11.1. The standard InChI is InChI=1S/C17H26O3/c1-13-7-6-10-17(12-13,20-3)16(18)11-14-8-4-5-9-15(14)19-2/h4-5,8-9,13,16,18H,6-7,10-12H2,1-3H3. The van der Waals surface area contributed by atoms with Gasteiger partial charge in [-0.1, -0.05) is 38.0 Å². The quantitative estimate of drug-likeness (QED) is 0.899. The summed E-state index contributed by atoms with van der Waals surface area (Å²) in [7, 11) is 3.39. The molecule has 0 amide bonds. The molecule has 0 radical (unpaired) electrons. The number of hydrogen-bond donors (Lipinski definition) is 1. The van der Waals surface area contributed by atoms with Crippen molar-refractivity contribution in [1.29, 1.82) is 0 Å². The molecule has 2 rings (SSSR count). The maximum absolute atomic E-state index is 10.7. The normalized spacial score (nSPS) is 28.1. The first-order valence-corrected chi connectivity index (χ1v) is 7.46. The van der Waals surface area contributed by atoms with E-state index in [0.29, 0.717) is 12.3 Å². The molecule has 0 aliphatic heterocycles. The van der Waals surface area contributed by atoms with E-state index in [1.807, 2.05) is 24.3 Å². The van der Waals surface area contributed by atoms with Gasteiger partial charge in [-0.15, -0.1) is 0 Å². The monoisotopic (exact) mass is 278 g/mol. The van der Waals surface area contributed by atoms with Gasteiger partial charge in [0.05, 0.1) is 18.8 Å². The van der Waals surface area contributed by atoms with E-state index in [0.717, 1.165) is 30.6 Å². The lowest BCUT2D eigenvalue weighted by atomic mass is 9.74. The molecule has 3 atom stereocenters. The van der Waals surface area contributed by atoms with Crippen LogP contribution < -0.4 is 4.74 Å². The first-order valence-electron chi connectivity index (χ1n) is 7.46. The third kappa shape index (κ3) is 3.15. The molecule has 3 heteroatoms. The van der Waals surface area contributed by atoms with Gasteiger partial charge in [0.2, 0.25) is 0 Å². The van der Waals surface area contributed by atoms with E-state index in [1.165, 1.54) is 6.42 Å². The van der Waals surface area contributed by atoms with Crippen molar-refractivity contribution in [1.82, 2.24) is 0 Å². The van der Waals surface area contributed by atoms with Gasteiger partial charge in [-0.2, -0.15) is 0 Å². The zero-order valence-corrected chi connectivity index (χ0v) is 12.8. The predicted molar refractivity (Wildman–Crippen MR) is 80.1 cm³/mol. The van der Waals surface area contributed by atoms with Crippen molar-refractivity contribution >= 4 is 0 Å². The molecule has 1 aliphatic carbocycles. The minimum absolute atomic E-state index is 0.404. The SMILES string of the molecule is COc1ccccc1CC(O)C1(OC)CCCC(C)C1. The molecule has 3 nitrogen and oxygen atoms in total. The Morgan fingerprint density at radius 2 is 2.10 bits per heavy atom. The van der Waals surface area contributed by atoms with Crippen LogP contribution in [0.25, 0.3) is 0 Å². The van der Waals surface area contributed by atoms with Gasteiger partial charge in [0.25, 0.3) is 0 Å². The lowest BCUT2D eigenvalue weighted by Crippen LogP contribution is -2.48. The maximum Gasteiger partial charge on any atom is 0.122 e. The third-order valence-corrected chi connectivity index (χ3v) is 4.61. The van der Waals surface area contributed by atoms with Crippen LogP contribution in [0.1, 0.15) is 38.2 Å². The number of aliphatic hydroxyl groups excluding tert-OH is 1. The molecule has 1 aromatic carbocycles. The van der Waals surface area contributed by atoms with Crippen LogP contribution in [0, 0.1) is 5.92 Å². The second-order valence-electron chi connectivity index (χ2n) is 6.00. The Morgan fingerprint density at radius 1 is 1.35 bits per heavy atom. The van der Waals surface area contributed by atoms with E-state index in [2.05, 4.69) is 6.92 Å². The topological polar surface area (TPSA) is 38.7 Å². The average Bonchev–Trinajstić information content (AvgIpc) is 2.47. The molecule has 1 fully saturated rings. The van der Waals surface area contributed by atoms with Crippen LogP contribution >= 0.6 is 0 Å². The summed E-state index contributed by atoms with van der Waals surface area (Å²) in [5, 5.41) is 10.7. The highest BCUT2D eigenvalue weighted by atomic mass is 16.5. The number of benzene rings is 1. The first kappa shape index (κ1) is 15.3. The fourth-order valence-electron chi connectivity index (χ4n) is 3.43. The summed E-state index contributed by atoms with van der Waals surface area (Å²) >= 11 is 0. The molecule has 112 valence electrons. The summed E-state index contributed by atoms with van der Waals surface area (Å²) in [5.74, 6) is 1.44. The van der Waals surface area contributed by atoms with E-state index >= 15 is 0 Å². The van der Waals surface area contributed by atoms with Gasteiger partial charge in [-0.05, 0) is 30.4 Å². The largest absolute Gasteiger partial charge is 0.496 e. The smallest absolute Gasteiger partial charge is 0.122 e. The van der Waals surface area contributed by atoms with Crippen LogP contribution in [0.4, 0.5) is 0 Å².